The normalized spacial score (nSPS) is 12.2. The van der Waals surface area contributed by atoms with Crippen LogP contribution in [0, 0.1) is 5.82 Å². The zero-order chi connectivity index (χ0) is 19.1. The van der Waals surface area contributed by atoms with Crippen LogP contribution in [-0.2, 0) is 20.7 Å². The largest absolute Gasteiger partial charge is 0.454 e. The third-order valence-corrected chi connectivity index (χ3v) is 3.80. The second-order valence-corrected chi connectivity index (χ2v) is 5.78. The van der Waals surface area contributed by atoms with Gasteiger partial charge < -0.3 is 19.5 Å². The second kappa shape index (κ2) is 8.84. The first kappa shape index (κ1) is 18.4. The van der Waals surface area contributed by atoms with Crippen molar-refractivity contribution in [3.05, 3.63) is 65.5 Å². The SMILES string of the molecule is O=C(COC(=O)/C=C/c1ccc2c(c1)OCO2)NCCc1ccc(F)cc1. The molecule has 2 aromatic rings. The molecule has 6 nitrogen and oxygen atoms in total. The molecule has 3 rings (SSSR count). The topological polar surface area (TPSA) is 73.9 Å². The number of hydrogen-bond acceptors (Lipinski definition) is 5. The first-order chi connectivity index (χ1) is 13.1. The van der Waals surface area contributed by atoms with E-state index in [-0.39, 0.29) is 19.2 Å². The van der Waals surface area contributed by atoms with Gasteiger partial charge in [-0.15, -0.1) is 0 Å². The smallest absolute Gasteiger partial charge is 0.331 e. The van der Waals surface area contributed by atoms with Gasteiger partial charge in [-0.05, 0) is 47.9 Å². The summed E-state index contributed by atoms with van der Waals surface area (Å²) >= 11 is 0. The van der Waals surface area contributed by atoms with Crippen LogP contribution in [0.1, 0.15) is 11.1 Å². The zero-order valence-corrected chi connectivity index (χ0v) is 14.4. The highest BCUT2D eigenvalue weighted by Crippen LogP contribution is 2.32. The van der Waals surface area contributed by atoms with Crippen molar-refractivity contribution in [2.75, 3.05) is 19.9 Å². The van der Waals surface area contributed by atoms with Gasteiger partial charge >= 0.3 is 5.97 Å². The maximum Gasteiger partial charge on any atom is 0.331 e. The predicted octanol–water partition coefficient (Wildman–Crippen LogP) is 2.47. The zero-order valence-electron chi connectivity index (χ0n) is 14.4. The molecule has 2 aromatic carbocycles. The van der Waals surface area contributed by atoms with E-state index in [4.69, 9.17) is 14.2 Å². The number of amides is 1. The fourth-order valence-electron chi connectivity index (χ4n) is 2.41. The number of carbonyl (C=O) groups is 2. The van der Waals surface area contributed by atoms with Gasteiger partial charge in [-0.25, -0.2) is 9.18 Å². The number of halogens is 1. The third-order valence-electron chi connectivity index (χ3n) is 3.80. The Labute approximate surface area is 155 Å². The van der Waals surface area contributed by atoms with E-state index in [1.54, 1.807) is 36.4 Å². The van der Waals surface area contributed by atoms with E-state index in [0.717, 1.165) is 11.1 Å². The van der Waals surface area contributed by atoms with Crippen LogP contribution in [0.15, 0.2) is 48.5 Å². The minimum Gasteiger partial charge on any atom is -0.454 e. The molecule has 0 spiro atoms. The molecule has 1 N–H and O–H groups in total. The van der Waals surface area contributed by atoms with Gasteiger partial charge in [0.2, 0.25) is 6.79 Å². The Morgan fingerprint density at radius 1 is 1.11 bits per heavy atom. The van der Waals surface area contributed by atoms with Crippen molar-refractivity contribution in [3.63, 3.8) is 0 Å². The summed E-state index contributed by atoms with van der Waals surface area (Å²) in [5, 5.41) is 2.64. The summed E-state index contributed by atoms with van der Waals surface area (Å²) < 4.78 is 28.2. The molecule has 1 aliphatic heterocycles. The van der Waals surface area contributed by atoms with E-state index in [1.807, 2.05) is 0 Å². The van der Waals surface area contributed by atoms with Crippen LogP contribution in [0.3, 0.4) is 0 Å². The number of hydrogen-bond donors (Lipinski definition) is 1. The Balaban J connectivity index is 1.37. The van der Waals surface area contributed by atoms with Crippen LogP contribution < -0.4 is 14.8 Å². The summed E-state index contributed by atoms with van der Waals surface area (Å²) in [6.45, 7) is 0.184. The molecule has 0 aromatic heterocycles. The number of rotatable bonds is 7. The summed E-state index contributed by atoms with van der Waals surface area (Å²) in [5.41, 5.74) is 1.65. The summed E-state index contributed by atoms with van der Waals surface area (Å²) in [5.74, 6) is -0.0510. The van der Waals surface area contributed by atoms with Gasteiger partial charge in [-0.2, -0.15) is 0 Å². The van der Waals surface area contributed by atoms with Crippen molar-refractivity contribution in [2.24, 2.45) is 0 Å². The molecular weight excluding hydrogens is 353 g/mol. The average Bonchev–Trinajstić information content (AvgIpc) is 3.14. The standard InChI is InChI=1S/C20H18FNO5/c21-16-5-1-14(2-6-16)9-10-22-19(23)12-25-20(24)8-4-15-3-7-17-18(11-15)27-13-26-17/h1-8,11H,9-10,12-13H2,(H,22,23)/b8-4+. The Morgan fingerprint density at radius 2 is 1.89 bits per heavy atom. The van der Waals surface area contributed by atoms with E-state index >= 15 is 0 Å². The maximum atomic E-state index is 12.8. The molecule has 7 heteroatoms. The van der Waals surface area contributed by atoms with Crippen LogP contribution >= 0.6 is 0 Å². The molecule has 0 saturated heterocycles. The lowest BCUT2D eigenvalue weighted by molar-refractivity contribution is -0.143. The fourth-order valence-corrected chi connectivity index (χ4v) is 2.41. The molecule has 0 fully saturated rings. The van der Waals surface area contributed by atoms with Crippen molar-refractivity contribution >= 4 is 18.0 Å². The highest BCUT2D eigenvalue weighted by Gasteiger charge is 2.12. The molecule has 0 unspecified atom stereocenters. The van der Waals surface area contributed by atoms with E-state index < -0.39 is 11.9 Å². The molecule has 27 heavy (non-hydrogen) atoms. The van der Waals surface area contributed by atoms with Crippen molar-refractivity contribution in [1.82, 2.24) is 5.32 Å². The van der Waals surface area contributed by atoms with Crippen molar-refractivity contribution in [2.45, 2.75) is 6.42 Å². The van der Waals surface area contributed by atoms with Crippen LogP contribution in [-0.4, -0.2) is 31.8 Å². The molecule has 1 amide bonds. The lowest BCUT2D eigenvalue weighted by Gasteiger charge is -2.05. The molecule has 0 bridgehead atoms. The Morgan fingerprint density at radius 3 is 2.70 bits per heavy atom. The molecule has 1 aliphatic rings. The second-order valence-electron chi connectivity index (χ2n) is 5.78. The maximum absolute atomic E-state index is 12.8. The first-order valence-electron chi connectivity index (χ1n) is 8.36. The minimum atomic E-state index is -0.624. The summed E-state index contributed by atoms with van der Waals surface area (Å²) in [6.07, 6.45) is 3.37. The minimum absolute atomic E-state index is 0.181. The van der Waals surface area contributed by atoms with Gasteiger partial charge in [0.05, 0.1) is 0 Å². The molecule has 0 saturated carbocycles. The number of benzene rings is 2. The summed E-state index contributed by atoms with van der Waals surface area (Å²) in [6, 6.07) is 11.3. The Kier molecular flexibility index (Phi) is 6.04. The van der Waals surface area contributed by atoms with Gasteiger partial charge in [0, 0.05) is 12.6 Å². The molecule has 140 valence electrons. The summed E-state index contributed by atoms with van der Waals surface area (Å²) in [7, 11) is 0. The van der Waals surface area contributed by atoms with E-state index in [1.165, 1.54) is 18.2 Å². The fraction of sp³-hybridized carbons (Fsp3) is 0.200. The summed E-state index contributed by atoms with van der Waals surface area (Å²) in [4.78, 5) is 23.4. The number of nitrogens with one attached hydrogen (secondary N) is 1. The van der Waals surface area contributed by atoms with Gasteiger partial charge in [0.1, 0.15) is 5.82 Å². The lowest BCUT2D eigenvalue weighted by atomic mass is 10.1. The van der Waals surface area contributed by atoms with Crippen LogP contribution in [0.25, 0.3) is 6.08 Å². The third kappa shape index (κ3) is 5.57. The van der Waals surface area contributed by atoms with Crippen LogP contribution in [0.5, 0.6) is 11.5 Å². The highest BCUT2D eigenvalue weighted by molar-refractivity contribution is 5.89. The predicted molar refractivity (Wildman–Crippen MR) is 95.7 cm³/mol. The van der Waals surface area contributed by atoms with Gasteiger partial charge in [-0.3, -0.25) is 4.79 Å². The molecule has 1 heterocycles. The quantitative estimate of drug-likeness (QED) is 0.598. The number of carbonyl (C=O) groups excluding carboxylic acids is 2. The Hall–Kier alpha value is -3.35. The van der Waals surface area contributed by atoms with Gasteiger partial charge in [0.15, 0.2) is 18.1 Å². The lowest BCUT2D eigenvalue weighted by Crippen LogP contribution is -2.30. The number of esters is 1. The van der Waals surface area contributed by atoms with Crippen molar-refractivity contribution < 1.29 is 28.2 Å². The van der Waals surface area contributed by atoms with Crippen molar-refractivity contribution in [1.29, 1.82) is 0 Å². The highest BCUT2D eigenvalue weighted by atomic mass is 19.1. The molecule has 0 aliphatic carbocycles. The monoisotopic (exact) mass is 371 g/mol. The van der Waals surface area contributed by atoms with Crippen molar-refractivity contribution in [3.8, 4) is 11.5 Å². The Bertz CT molecular complexity index is 848. The molecule has 0 atom stereocenters. The number of ether oxygens (including phenoxy) is 3. The first-order valence-corrected chi connectivity index (χ1v) is 8.36. The molecule has 0 radical (unpaired) electrons. The van der Waals surface area contributed by atoms with Crippen LogP contribution in [0.4, 0.5) is 4.39 Å². The molecular formula is C20H18FNO5. The van der Waals surface area contributed by atoms with E-state index in [9.17, 15) is 14.0 Å². The van der Waals surface area contributed by atoms with Gasteiger partial charge in [-0.1, -0.05) is 18.2 Å². The average molecular weight is 371 g/mol. The van der Waals surface area contributed by atoms with Gasteiger partial charge in [0.25, 0.3) is 5.91 Å². The van der Waals surface area contributed by atoms with E-state index in [0.29, 0.717) is 24.5 Å². The van der Waals surface area contributed by atoms with Crippen LogP contribution in [0.2, 0.25) is 0 Å². The number of fused-ring (bicyclic) bond motifs is 1. The van der Waals surface area contributed by atoms with E-state index in [2.05, 4.69) is 5.32 Å².